The molecule has 1 aliphatic heterocycles. The Morgan fingerprint density at radius 2 is 1.60 bits per heavy atom. The van der Waals surface area contributed by atoms with Gasteiger partial charge in [-0.25, -0.2) is 0 Å². The third kappa shape index (κ3) is 3.69. The number of hydroxylamine groups is 2. The smallest absolute Gasteiger partial charge is 0.103 e. The van der Waals surface area contributed by atoms with Crippen LogP contribution in [0.15, 0.2) is 72.8 Å². The third-order valence-electron chi connectivity index (χ3n) is 4.89. The van der Waals surface area contributed by atoms with E-state index in [4.69, 9.17) is 4.84 Å². The monoisotopic (exact) mass is 349 g/mol. The van der Waals surface area contributed by atoms with Gasteiger partial charge < -0.3 is 0 Å². The van der Waals surface area contributed by atoms with Crippen LogP contribution >= 0.6 is 11.3 Å². The largest absolute Gasteiger partial charge is 0.293 e. The summed E-state index contributed by atoms with van der Waals surface area (Å²) >= 11 is 1.82. The maximum Gasteiger partial charge on any atom is 0.103 e. The van der Waals surface area contributed by atoms with E-state index in [1.165, 1.54) is 20.9 Å². The number of nitrogens with zero attached hydrogens (tertiary/aromatic N) is 1. The SMILES string of the molecule is Cc1ccc(CON2CCC2C(c2ccccc2)c2ccccc2)s1. The molecule has 3 aromatic rings. The predicted molar refractivity (Wildman–Crippen MR) is 104 cm³/mol. The van der Waals surface area contributed by atoms with Gasteiger partial charge in [0, 0.05) is 28.3 Å². The number of benzene rings is 2. The maximum atomic E-state index is 6.16. The van der Waals surface area contributed by atoms with Gasteiger partial charge >= 0.3 is 0 Å². The van der Waals surface area contributed by atoms with E-state index in [1.807, 2.05) is 11.3 Å². The lowest BCUT2D eigenvalue weighted by atomic mass is 9.80. The molecule has 1 fully saturated rings. The molecule has 0 spiro atoms. The van der Waals surface area contributed by atoms with Gasteiger partial charge in [-0.05, 0) is 36.6 Å². The Morgan fingerprint density at radius 1 is 0.960 bits per heavy atom. The molecule has 1 aromatic heterocycles. The Morgan fingerprint density at radius 3 is 2.08 bits per heavy atom. The molecule has 1 atom stereocenters. The molecule has 128 valence electrons. The molecule has 2 aromatic carbocycles. The lowest BCUT2D eigenvalue weighted by Crippen LogP contribution is -2.50. The van der Waals surface area contributed by atoms with Gasteiger partial charge in [0.25, 0.3) is 0 Å². The van der Waals surface area contributed by atoms with Crippen molar-refractivity contribution in [3.05, 3.63) is 93.7 Å². The fraction of sp³-hybridized carbons (Fsp3) is 0.273. The predicted octanol–water partition coefficient (Wildman–Crippen LogP) is 5.39. The second-order valence-electron chi connectivity index (χ2n) is 6.58. The standard InChI is InChI=1S/C22H23NOS/c1-17-12-13-20(25-17)16-24-23-15-14-21(23)22(18-8-4-2-5-9-18)19-10-6-3-7-11-19/h2-13,21-22H,14-16H2,1H3. The first-order chi connectivity index (χ1) is 12.3. The van der Waals surface area contributed by atoms with E-state index in [0.717, 1.165) is 13.0 Å². The summed E-state index contributed by atoms with van der Waals surface area (Å²) in [6.45, 7) is 3.82. The summed E-state index contributed by atoms with van der Waals surface area (Å²) in [6.07, 6.45) is 1.16. The number of aryl methyl sites for hydroxylation is 1. The highest BCUT2D eigenvalue weighted by Gasteiger charge is 2.37. The number of hydrogen-bond donors (Lipinski definition) is 0. The zero-order chi connectivity index (χ0) is 17.1. The lowest BCUT2D eigenvalue weighted by molar-refractivity contribution is -0.242. The summed E-state index contributed by atoms with van der Waals surface area (Å²) in [6, 6.07) is 26.3. The maximum absolute atomic E-state index is 6.16. The van der Waals surface area contributed by atoms with Crippen LogP contribution in [-0.4, -0.2) is 17.6 Å². The van der Waals surface area contributed by atoms with Crippen LogP contribution in [0.3, 0.4) is 0 Å². The van der Waals surface area contributed by atoms with Crippen molar-refractivity contribution in [2.24, 2.45) is 0 Å². The molecule has 2 nitrogen and oxygen atoms in total. The van der Waals surface area contributed by atoms with Crippen LogP contribution in [0.1, 0.15) is 33.2 Å². The van der Waals surface area contributed by atoms with Crippen LogP contribution in [0.4, 0.5) is 0 Å². The van der Waals surface area contributed by atoms with E-state index >= 15 is 0 Å². The van der Waals surface area contributed by atoms with Gasteiger partial charge in [0.2, 0.25) is 0 Å². The molecular weight excluding hydrogens is 326 g/mol. The first-order valence-electron chi connectivity index (χ1n) is 8.86. The molecule has 1 unspecified atom stereocenters. The normalized spacial score (nSPS) is 17.6. The zero-order valence-electron chi connectivity index (χ0n) is 14.5. The Labute approximate surface area is 153 Å². The first kappa shape index (κ1) is 16.5. The lowest BCUT2D eigenvalue weighted by Gasteiger charge is -2.44. The van der Waals surface area contributed by atoms with Crippen LogP contribution in [0, 0.1) is 6.92 Å². The van der Waals surface area contributed by atoms with Crippen LogP contribution in [-0.2, 0) is 11.4 Å². The summed E-state index contributed by atoms with van der Waals surface area (Å²) in [5, 5.41) is 2.18. The quantitative estimate of drug-likeness (QED) is 0.591. The van der Waals surface area contributed by atoms with Crippen LogP contribution < -0.4 is 0 Å². The Balaban J connectivity index is 1.53. The molecule has 2 heterocycles. The summed E-state index contributed by atoms with van der Waals surface area (Å²) in [5.74, 6) is 0.348. The van der Waals surface area contributed by atoms with Gasteiger partial charge in [0.05, 0.1) is 0 Å². The molecule has 0 saturated carbocycles. The average molecular weight is 349 g/mol. The minimum atomic E-state index is 0.348. The Hall–Kier alpha value is -1.94. The molecule has 1 saturated heterocycles. The summed E-state index contributed by atoms with van der Waals surface area (Å²) in [4.78, 5) is 8.79. The first-order valence-corrected chi connectivity index (χ1v) is 9.67. The van der Waals surface area contributed by atoms with Gasteiger partial charge in [-0.1, -0.05) is 60.7 Å². The fourth-order valence-electron chi connectivity index (χ4n) is 3.54. The second-order valence-corrected chi connectivity index (χ2v) is 7.95. The molecule has 4 rings (SSSR count). The van der Waals surface area contributed by atoms with Gasteiger partial charge in [0.15, 0.2) is 0 Å². The van der Waals surface area contributed by atoms with Crippen molar-refractivity contribution >= 4 is 11.3 Å². The molecule has 0 aliphatic carbocycles. The Kier molecular flexibility index (Phi) is 4.97. The average Bonchev–Trinajstić information content (AvgIpc) is 3.05. The minimum absolute atomic E-state index is 0.348. The summed E-state index contributed by atoms with van der Waals surface area (Å²) in [5.41, 5.74) is 2.72. The molecule has 0 amide bonds. The van der Waals surface area contributed by atoms with Crippen molar-refractivity contribution in [3.63, 3.8) is 0 Å². The van der Waals surface area contributed by atoms with Crippen molar-refractivity contribution in [2.45, 2.75) is 31.9 Å². The zero-order valence-corrected chi connectivity index (χ0v) is 15.3. The topological polar surface area (TPSA) is 12.5 Å². The van der Waals surface area contributed by atoms with Gasteiger partial charge in [-0.15, -0.1) is 11.3 Å². The molecule has 25 heavy (non-hydrogen) atoms. The number of thiophene rings is 1. The molecule has 0 bridgehead atoms. The highest BCUT2D eigenvalue weighted by molar-refractivity contribution is 7.11. The summed E-state index contributed by atoms with van der Waals surface area (Å²) in [7, 11) is 0. The summed E-state index contributed by atoms with van der Waals surface area (Å²) < 4.78 is 0. The Bertz CT molecular complexity index is 760. The van der Waals surface area contributed by atoms with Crippen LogP contribution in [0.2, 0.25) is 0 Å². The van der Waals surface area contributed by atoms with Crippen LogP contribution in [0.25, 0.3) is 0 Å². The van der Waals surface area contributed by atoms with Crippen molar-refractivity contribution in [1.29, 1.82) is 0 Å². The molecule has 3 heteroatoms. The van der Waals surface area contributed by atoms with E-state index in [2.05, 4.69) is 84.8 Å². The molecule has 1 aliphatic rings. The molecule has 0 N–H and O–H groups in total. The second kappa shape index (κ2) is 7.52. The van der Waals surface area contributed by atoms with Crippen molar-refractivity contribution in [2.75, 3.05) is 6.54 Å². The third-order valence-corrected chi connectivity index (χ3v) is 5.86. The van der Waals surface area contributed by atoms with E-state index in [9.17, 15) is 0 Å². The van der Waals surface area contributed by atoms with E-state index < -0.39 is 0 Å². The molecule has 0 radical (unpaired) electrons. The highest BCUT2D eigenvalue weighted by atomic mass is 32.1. The van der Waals surface area contributed by atoms with E-state index in [-0.39, 0.29) is 0 Å². The van der Waals surface area contributed by atoms with E-state index in [1.54, 1.807) is 0 Å². The fourth-order valence-corrected chi connectivity index (χ4v) is 4.34. The highest BCUT2D eigenvalue weighted by Crippen LogP contribution is 2.37. The molecular formula is C22H23NOS. The number of hydrogen-bond acceptors (Lipinski definition) is 3. The van der Waals surface area contributed by atoms with Crippen molar-refractivity contribution in [1.82, 2.24) is 5.06 Å². The van der Waals surface area contributed by atoms with Crippen molar-refractivity contribution in [3.8, 4) is 0 Å². The van der Waals surface area contributed by atoms with Gasteiger partial charge in [0.1, 0.15) is 6.61 Å². The van der Waals surface area contributed by atoms with Crippen molar-refractivity contribution < 1.29 is 4.84 Å². The minimum Gasteiger partial charge on any atom is -0.293 e. The van der Waals surface area contributed by atoms with Gasteiger partial charge in [-0.3, -0.25) is 4.84 Å². The van der Waals surface area contributed by atoms with Gasteiger partial charge in [-0.2, -0.15) is 5.06 Å². The number of rotatable bonds is 6. The van der Waals surface area contributed by atoms with E-state index in [0.29, 0.717) is 18.6 Å². The van der Waals surface area contributed by atoms with Crippen LogP contribution in [0.5, 0.6) is 0 Å².